The summed E-state index contributed by atoms with van der Waals surface area (Å²) in [4.78, 5) is 26.5. The highest BCUT2D eigenvalue weighted by atomic mass is 16.2. The fourth-order valence-electron chi connectivity index (χ4n) is 3.21. The van der Waals surface area contributed by atoms with Crippen molar-refractivity contribution in [2.75, 3.05) is 0 Å². The van der Waals surface area contributed by atoms with Gasteiger partial charge in [0.05, 0.1) is 6.42 Å². The highest BCUT2D eigenvalue weighted by Gasteiger charge is 2.17. The molecule has 0 saturated carbocycles. The van der Waals surface area contributed by atoms with Crippen LogP contribution in [0.4, 0.5) is 0 Å². The van der Waals surface area contributed by atoms with Gasteiger partial charge in [0.2, 0.25) is 5.91 Å². The number of fused-ring (bicyclic) bond motifs is 1. The van der Waals surface area contributed by atoms with Crippen LogP contribution in [-0.2, 0) is 24.3 Å². The Hall–Kier alpha value is -3.47. The van der Waals surface area contributed by atoms with Gasteiger partial charge in [-0.2, -0.15) is 0 Å². The number of benzene rings is 1. The van der Waals surface area contributed by atoms with Gasteiger partial charge in [-0.15, -0.1) is 0 Å². The Morgan fingerprint density at radius 3 is 2.52 bits per heavy atom. The smallest absolute Gasteiger partial charge is 0.227 e. The van der Waals surface area contributed by atoms with Gasteiger partial charge in [-0.05, 0) is 41.0 Å². The maximum absolute atomic E-state index is 13.1. The minimum atomic E-state index is 0.0837. The molecule has 0 radical (unpaired) electrons. The van der Waals surface area contributed by atoms with E-state index in [1.165, 1.54) is 0 Å². The summed E-state index contributed by atoms with van der Waals surface area (Å²) in [5.41, 5.74) is 4.13. The molecule has 0 bridgehead atoms. The number of pyridine rings is 2. The number of nitrogens with zero attached hydrogens (tertiary/aromatic N) is 3. The molecule has 134 valence electrons. The zero-order valence-corrected chi connectivity index (χ0v) is 14.9. The first-order chi connectivity index (χ1) is 13.3. The number of rotatable bonds is 6. The molecule has 3 heterocycles. The van der Waals surface area contributed by atoms with Crippen LogP contribution < -0.4 is 0 Å². The Morgan fingerprint density at radius 1 is 0.889 bits per heavy atom. The van der Waals surface area contributed by atoms with Crippen LogP contribution in [0.15, 0.2) is 79.5 Å². The van der Waals surface area contributed by atoms with Crippen LogP contribution in [0.1, 0.15) is 16.7 Å². The predicted molar refractivity (Wildman–Crippen MR) is 105 cm³/mol. The molecule has 5 nitrogen and oxygen atoms in total. The van der Waals surface area contributed by atoms with Gasteiger partial charge >= 0.3 is 0 Å². The summed E-state index contributed by atoms with van der Waals surface area (Å²) in [6.07, 6.45) is 9.33. The molecule has 1 aromatic carbocycles. The van der Waals surface area contributed by atoms with Gasteiger partial charge in [-0.1, -0.05) is 24.3 Å². The van der Waals surface area contributed by atoms with Crippen LogP contribution in [0.25, 0.3) is 10.9 Å². The number of amides is 1. The average Bonchev–Trinajstić information content (AvgIpc) is 3.12. The second-order valence-corrected chi connectivity index (χ2v) is 6.50. The van der Waals surface area contributed by atoms with E-state index < -0.39 is 0 Å². The van der Waals surface area contributed by atoms with Crippen LogP contribution in [0.3, 0.4) is 0 Å². The Labute approximate surface area is 157 Å². The number of carbonyl (C=O) groups excluding carboxylic acids is 1. The van der Waals surface area contributed by atoms with E-state index in [1.54, 1.807) is 24.8 Å². The number of carbonyl (C=O) groups is 1. The van der Waals surface area contributed by atoms with E-state index in [1.807, 2.05) is 59.6 Å². The standard InChI is InChI=1S/C22H20N4O/c27-22(12-19-14-25-21-6-2-1-5-20(19)21)26(15-17-7-10-23-11-8-17)16-18-4-3-9-24-13-18/h1-11,13-14,25H,12,15-16H2. The molecule has 1 N–H and O–H groups in total. The molecule has 0 unspecified atom stereocenters. The molecule has 0 saturated heterocycles. The van der Waals surface area contributed by atoms with Crippen molar-refractivity contribution in [2.24, 2.45) is 0 Å². The van der Waals surface area contributed by atoms with Crippen molar-refractivity contribution < 1.29 is 4.79 Å². The van der Waals surface area contributed by atoms with Crippen molar-refractivity contribution in [3.05, 3.63) is 96.2 Å². The Balaban J connectivity index is 1.57. The van der Waals surface area contributed by atoms with Gasteiger partial charge in [0.25, 0.3) is 0 Å². The number of para-hydroxylation sites is 1. The molecule has 3 aromatic heterocycles. The summed E-state index contributed by atoms with van der Waals surface area (Å²) in [6.45, 7) is 1.07. The monoisotopic (exact) mass is 356 g/mol. The van der Waals surface area contributed by atoms with E-state index >= 15 is 0 Å². The molecule has 0 spiro atoms. The van der Waals surface area contributed by atoms with Crippen molar-refractivity contribution in [1.82, 2.24) is 19.9 Å². The van der Waals surface area contributed by atoms with E-state index in [2.05, 4.69) is 15.0 Å². The second-order valence-electron chi connectivity index (χ2n) is 6.50. The first-order valence-corrected chi connectivity index (χ1v) is 8.90. The second kappa shape index (κ2) is 7.83. The summed E-state index contributed by atoms with van der Waals surface area (Å²) < 4.78 is 0. The minimum Gasteiger partial charge on any atom is -0.361 e. The third-order valence-electron chi connectivity index (χ3n) is 4.59. The van der Waals surface area contributed by atoms with Gasteiger partial charge in [0.1, 0.15) is 0 Å². The fraction of sp³-hybridized carbons (Fsp3) is 0.136. The highest BCUT2D eigenvalue weighted by molar-refractivity contribution is 5.88. The number of aromatic amines is 1. The lowest BCUT2D eigenvalue weighted by molar-refractivity contribution is -0.131. The molecular weight excluding hydrogens is 336 g/mol. The first-order valence-electron chi connectivity index (χ1n) is 8.90. The zero-order valence-electron chi connectivity index (χ0n) is 14.9. The van der Waals surface area contributed by atoms with Crippen LogP contribution in [0, 0.1) is 0 Å². The van der Waals surface area contributed by atoms with Gasteiger partial charge in [0.15, 0.2) is 0 Å². The molecule has 0 aliphatic heterocycles. The molecule has 0 atom stereocenters. The molecule has 4 aromatic rings. The quantitative estimate of drug-likeness (QED) is 0.573. The van der Waals surface area contributed by atoms with Gasteiger partial charge < -0.3 is 9.88 Å². The molecule has 0 fully saturated rings. The number of aromatic nitrogens is 3. The van der Waals surface area contributed by atoms with Crippen LogP contribution in [-0.4, -0.2) is 25.8 Å². The minimum absolute atomic E-state index is 0.0837. The Bertz CT molecular complexity index is 986. The summed E-state index contributed by atoms with van der Waals surface area (Å²) in [5, 5.41) is 1.09. The number of hydrogen-bond acceptors (Lipinski definition) is 3. The summed E-state index contributed by atoms with van der Waals surface area (Å²) in [6, 6.07) is 15.8. The van der Waals surface area contributed by atoms with Crippen molar-refractivity contribution >= 4 is 16.8 Å². The van der Waals surface area contributed by atoms with E-state index in [0.717, 1.165) is 27.6 Å². The van der Waals surface area contributed by atoms with Gasteiger partial charge in [-0.3, -0.25) is 14.8 Å². The van der Waals surface area contributed by atoms with Crippen LogP contribution in [0.5, 0.6) is 0 Å². The molecule has 5 heteroatoms. The Morgan fingerprint density at radius 2 is 1.70 bits per heavy atom. The number of H-pyrrole nitrogens is 1. The number of hydrogen-bond donors (Lipinski definition) is 1. The highest BCUT2D eigenvalue weighted by Crippen LogP contribution is 2.20. The maximum Gasteiger partial charge on any atom is 0.227 e. The van der Waals surface area contributed by atoms with Gasteiger partial charge in [-0.25, -0.2) is 0 Å². The molecule has 27 heavy (non-hydrogen) atoms. The van der Waals surface area contributed by atoms with Crippen LogP contribution in [0.2, 0.25) is 0 Å². The average molecular weight is 356 g/mol. The summed E-state index contributed by atoms with van der Waals surface area (Å²) >= 11 is 0. The summed E-state index contributed by atoms with van der Waals surface area (Å²) in [5.74, 6) is 0.0837. The van der Waals surface area contributed by atoms with E-state index in [-0.39, 0.29) is 5.91 Å². The zero-order chi connectivity index (χ0) is 18.5. The predicted octanol–water partition coefficient (Wildman–Crippen LogP) is 3.73. The van der Waals surface area contributed by atoms with Crippen molar-refractivity contribution in [3.63, 3.8) is 0 Å². The fourth-order valence-corrected chi connectivity index (χ4v) is 3.21. The molecule has 1 amide bonds. The van der Waals surface area contributed by atoms with Crippen LogP contribution >= 0.6 is 0 Å². The molecule has 0 aliphatic carbocycles. The third kappa shape index (κ3) is 4.03. The van der Waals surface area contributed by atoms with E-state index in [4.69, 9.17) is 0 Å². The maximum atomic E-state index is 13.1. The topological polar surface area (TPSA) is 61.9 Å². The SMILES string of the molecule is O=C(Cc1c[nH]c2ccccc12)N(Cc1ccncc1)Cc1cccnc1. The number of nitrogens with one attached hydrogen (secondary N) is 1. The molecule has 4 rings (SSSR count). The lowest BCUT2D eigenvalue weighted by Crippen LogP contribution is -2.31. The molecule has 0 aliphatic rings. The van der Waals surface area contributed by atoms with E-state index in [0.29, 0.717) is 19.5 Å². The largest absolute Gasteiger partial charge is 0.361 e. The van der Waals surface area contributed by atoms with Gasteiger partial charge in [0, 0.05) is 55.0 Å². The molecular formula is C22H20N4O. The first kappa shape index (κ1) is 17.0. The lowest BCUT2D eigenvalue weighted by Gasteiger charge is -2.23. The third-order valence-corrected chi connectivity index (χ3v) is 4.59. The summed E-state index contributed by atoms with van der Waals surface area (Å²) in [7, 11) is 0. The lowest BCUT2D eigenvalue weighted by atomic mass is 10.1. The van der Waals surface area contributed by atoms with Crippen molar-refractivity contribution in [3.8, 4) is 0 Å². The normalized spacial score (nSPS) is 10.8. The van der Waals surface area contributed by atoms with Crippen molar-refractivity contribution in [2.45, 2.75) is 19.5 Å². The van der Waals surface area contributed by atoms with E-state index in [9.17, 15) is 4.79 Å². The van der Waals surface area contributed by atoms with Crippen molar-refractivity contribution in [1.29, 1.82) is 0 Å². The Kier molecular flexibility index (Phi) is 4.92.